The molecule has 212 valence electrons. The Hall–Kier alpha value is -0.520. The van der Waals surface area contributed by atoms with Gasteiger partial charge in [0.2, 0.25) is 0 Å². The van der Waals surface area contributed by atoms with Crippen LogP contribution in [0.1, 0.15) is 20.8 Å². The average molecular weight is 527 g/mol. The number of hydrogen-bond donors (Lipinski definition) is 3. The van der Waals surface area contributed by atoms with Crippen molar-refractivity contribution in [3.8, 4) is 0 Å². The first-order chi connectivity index (χ1) is 17.1. The van der Waals surface area contributed by atoms with Gasteiger partial charge < -0.3 is 62.7 Å². The van der Waals surface area contributed by atoms with E-state index < -0.39 is 92.1 Å². The molecule has 13 nitrogen and oxygen atoms in total. The first-order valence-corrected chi connectivity index (χ1v) is 12.1. The number of rotatable bonds is 9. The van der Waals surface area contributed by atoms with Gasteiger partial charge in [-0.05, 0) is 20.8 Å². The molecular formula is C23H42O13. The van der Waals surface area contributed by atoms with Crippen LogP contribution in [0.3, 0.4) is 0 Å². The summed E-state index contributed by atoms with van der Waals surface area (Å²) in [7, 11) is 7.44. The minimum Gasteiger partial charge on any atom is -0.388 e. The summed E-state index contributed by atoms with van der Waals surface area (Å²) in [6.07, 6.45) is -13.4. The van der Waals surface area contributed by atoms with Gasteiger partial charge in [-0.1, -0.05) is 0 Å². The molecule has 3 aliphatic heterocycles. The Morgan fingerprint density at radius 3 is 1.39 bits per heavy atom. The molecular weight excluding hydrogens is 484 g/mol. The summed E-state index contributed by atoms with van der Waals surface area (Å²) in [4.78, 5) is 0. The Morgan fingerprint density at radius 2 is 0.861 bits per heavy atom. The summed E-state index contributed by atoms with van der Waals surface area (Å²) < 4.78 is 57.0. The van der Waals surface area contributed by atoms with E-state index >= 15 is 0 Å². The minimum atomic E-state index is -1.46. The van der Waals surface area contributed by atoms with Crippen molar-refractivity contribution in [1.82, 2.24) is 0 Å². The molecule has 0 saturated carbocycles. The van der Waals surface area contributed by atoms with E-state index in [4.69, 9.17) is 47.4 Å². The van der Waals surface area contributed by atoms with Crippen LogP contribution in [0.15, 0.2) is 0 Å². The van der Waals surface area contributed by atoms with Crippen molar-refractivity contribution >= 4 is 0 Å². The third kappa shape index (κ3) is 5.88. The monoisotopic (exact) mass is 526 g/mol. The van der Waals surface area contributed by atoms with E-state index in [2.05, 4.69) is 0 Å². The standard InChI is InChI=1S/C23H42O13/c1-9-12(24)16(35-23-20(30-7)18(28-5)15(27-4)11(3)34-23)14(26)21(32-9)36-17-13(25)10(2)33-22(31-8)19(17)29-6/h9-26H,1-8H3/t9-,10-,11+,12-,13-,14+,15-,16-,17-,18-,19+,20-,21-,22+,23+/m0/s1. The second kappa shape index (κ2) is 13.0. The minimum absolute atomic E-state index is 0.420. The molecule has 0 aromatic heterocycles. The Kier molecular flexibility index (Phi) is 10.9. The van der Waals surface area contributed by atoms with Gasteiger partial charge in [0.1, 0.15) is 54.9 Å². The molecule has 15 atom stereocenters. The van der Waals surface area contributed by atoms with Gasteiger partial charge >= 0.3 is 0 Å². The molecule has 13 heteroatoms. The van der Waals surface area contributed by atoms with Gasteiger partial charge in [0.05, 0.1) is 18.3 Å². The van der Waals surface area contributed by atoms with E-state index in [-0.39, 0.29) is 0 Å². The highest BCUT2D eigenvalue weighted by atomic mass is 16.8. The molecule has 3 aliphatic rings. The quantitative estimate of drug-likeness (QED) is 0.329. The van der Waals surface area contributed by atoms with Gasteiger partial charge in [-0.15, -0.1) is 0 Å². The summed E-state index contributed by atoms with van der Waals surface area (Å²) in [6, 6.07) is 0. The normalized spacial score (nSPS) is 50.2. The fourth-order valence-electron chi connectivity index (χ4n) is 5.08. The van der Waals surface area contributed by atoms with E-state index in [9.17, 15) is 15.3 Å². The van der Waals surface area contributed by atoms with Gasteiger partial charge in [-0.2, -0.15) is 0 Å². The van der Waals surface area contributed by atoms with Crippen LogP contribution in [0.5, 0.6) is 0 Å². The van der Waals surface area contributed by atoms with Crippen LogP contribution >= 0.6 is 0 Å². The summed E-state index contributed by atoms with van der Waals surface area (Å²) in [5.74, 6) is 0. The molecule has 36 heavy (non-hydrogen) atoms. The summed E-state index contributed by atoms with van der Waals surface area (Å²) in [5, 5.41) is 32.8. The molecule has 3 fully saturated rings. The number of aliphatic hydroxyl groups is 3. The number of hydrogen-bond acceptors (Lipinski definition) is 13. The molecule has 3 heterocycles. The van der Waals surface area contributed by atoms with Crippen LogP contribution < -0.4 is 0 Å². The third-order valence-corrected chi connectivity index (χ3v) is 7.17. The van der Waals surface area contributed by atoms with Crippen molar-refractivity contribution < 1.29 is 62.7 Å². The zero-order valence-electron chi connectivity index (χ0n) is 22.1. The molecule has 0 spiro atoms. The number of methoxy groups -OCH3 is 5. The molecule has 0 aromatic rings. The van der Waals surface area contributed by atoms with Gasteiger partial charge in [-0.25, -0.2) is 0 Å². The molecule has 3 N–H and O–H groups in total. The number of ether oxygens (including phenoxy) is 10. The van der Waals surface area contributed by atoms with Crippen molar-refractivity contribution in [2.45, 2.75) is 113 Å². The highest BCUT2D eigenvalue weighted by molar-refractivity contribution is 4.96. The van der Waals surface area contributed by atoms with Crippen molar-refractivity contribution in [2.24, 2.45) is 0 Å². The van der Waals surface area contributed by atoms with E-state index in [1.165, 1.54) is 28.4 Å². The van der Waals surface area contributed by atoms with E-state index in [0.29, 0.717) is 0 Å². The highest BCUT2D eigenvalue weighted by Crippen LogP contribution is 2.34. The topological polar surface area (TPSA) is 153 Å². The van der Waals surface area contributed by atoms with Crippen LogP contribution in [-0.2, 0) is 47.4 Å². The lowest BCUT2D eigenvalue weighted by atomic mass is 9.96. The lowest BCUT2D eigenvalue weighted by molar-refractivity contribution is -0.377. The van der Waals surface area contributed by atoms with Crippen LogP contribution in [0, 0.1) is 0 Å². The fourth-order valence-corrected chi connectivity index (χ4v) is 5.08. The maximum atomic E-state index is 11.2. The molecule has 0 unspecified atom stereocenters. The first kappa shape index (κ1) is 30.0. The Labute approximate surface area is 211 Å². The van der Waals surface area contributed by atoms with Gasteiger partial charge in [0.15, 0.2) is 18.9 Å². The van der Waals surface area contributed by atoms with E-state index in [0.717, 1.165) is 0 Å². The van der Waals surface area contributed by atoms with E-state index in [1.54, 1.807) is 27.9 Å². The van der Waals surface area contributed by atoms with Crippen LogP contribution in [0.4, 0.5) is 0 Å². The third-order valence-electron chi connectivity index (χ3n) is 7.17. The predicted molar refractivity (Wildman–Crippen MR) is 121 cm³/mol. The molecule has 3 saturated heterocycles. The van der Waals surface area contributed by atoms with Crippen LogP contribution in [0.25, 0.3) is 0 Å². The molecule has 0 bridgehead atoms. The summed E-state index contributed by atoms with van der Waals surface area (Å²) in [6.45, 7) is 5.09. The lowest BCUT2D eigenvalue weighted by Gasteiger charge is -2.49. The Balaban J connectivity index is 1.79. The molecule has 0 amide bonds. The SMILES string of the molecule is CO[C@@H]1O[C@@H](C)[C@H](O)[C@H](O[C@@H]2O[C@@H](C)[C@H](O)[C@H](O[C@H]3O[C@H](C)[C@H](OC)[C@H](OC)[C@@H]3OC)[C@H]2O)[C@H]1OC. The van der Waals surface area contributed by atoms with Gasteiger partial charge in [0, 0.05) is 35.5 Å². The van der Waals surface area contributed by atoms with Crippen molar-refractivity contribution in [3.05, 3.63) is 0 Å². The van der Waals surface area contributed by atoms with Crippen LogP contribution in [-0.4, -0.2) is 143 Å². The number of aliphatic hydroxyl groups excluding tert-OH is 3. The fraction of sp³-hybridized carbons (Fsp3) is 1.00. The van der Waals surface area contributed by atoms with Gasteiger partial charge in [-0.3, -0.25) is 0 Å². The smallest absolute Gasteiger partial charge is 0.187 e. The zero-order chi connectivity index (χ0) is 26.7. The average Bonchev–Trinajstić information content (AvgIpc) is 2.86. The largest absolute Gasteiger partial charge is 0.388 e. The molecule has 0 aromatic carbocycles. The molecule has 0 radical (unpaired) electrons. The summed E-state index contributed by atoms with van der Waals surface area (Å²) in [5.41, 5.74) is 0. The summed E-state index contributed by atoms with van der Waals surface area (Å²) >= 11 is 0. The lowest BCUT2D eigenvalue weighted by Crippen LogP contribution is -2.66. The van der Waals surface area contributed by atoms with Crippen LogP contribution in [0.2, 0.25) is 0 Å². The van der Waals surface area contributed by atoms with Gasteiger partial charge in [0.25, 0.3) is 0 Å². The maximum absolute atomic E-state index is 11.2. The molecule has 0 aliphatic carbocycles. The highest BCUT2D eigenvalue weighted by Gasteiger charge is 2.53. The van der Waals surface area contributed by atoms with Crippen molar-refractivity contribution in [3.63, 3.8) is 0 Å². The second-order valence-corrected chi connectivity index (χ2v) is 9.34. The Bertz CT molecular complexity index is 670. The van der Waals surface area contributed by atoms with Crippen molar-refractivity contribution in [1.29, 1.82) is 0 Å². The molecule has 3 rings (SSSR count). The first-order valence-electron chi connectivity index (χ1n) is 12.1. The van der Waals surface area contributed by atoms with E-state index in [1.807, 2.05) is 0 Å². The predicted octanol–water partition coefficient (Wildman–Crippen LogP) is -1.22. The van der Waals surface area contributed by atoms with Crippen molar-refractivity contribution in [2.75, 3.05) is 35.5 Å². The second-order valence-electron chi connectivity index (χ2n) is 9.34. The Morgan fingerprint density at radius 1 is 0.417 bits per heavy atom. The zero-order valence-corrected chi connectivity index (χ0v) is 22.1. The maximum Gasteiger partial charge on any atom is 0.187 e.